The molecule has 0 unspecified atom stereocenters. The second-order valence-corrected chi connectivity index (χ2v) is 9.82. The van der Waals surface area contributed by atoms with Gasteiger partial charge in [-0.05, 0) is 61.4 Å². The number of carbonyl (C=O) groups is 1. The van der Waals surface area contributed by atoms with Crippen molar-refractivity contribution in [3.8, 4) is 0 Å². The van der Waals surface area contributed by atoms with Crippen molar-refractivity contribution < 1.29 is 13.2 Å². The van der Waals surface area contributed by atoms with E-state index in [2.05, 4.69) is 5.32 Å². The van der Waals surface area contributed by atoms with Crippen LogP contribution < -0.4 is 5.32 Å². The maximum Gasteiger partial charge on any atom is 0.243 e. The van der Waals surface area contributed by atoms with E-state index < -0.39 is 10.0 Å². The van der Waals surface area contributed by atoms with Crippen molar-refractivity contribution in [2.24, 2.45) is 5.92 Å². The molecule has 7 heteroatoms. The van der Waals surface area contributed by atoms with Gasteiger partial charge < -0.3 is 5.32 Å². The normalized spacial score (nSPS) is 16.1. The lowest BCUT2D eigenvalue weighted by Gasteiger charge is -2.30. The van der Waals surface area contributed by atoms with E-state index >= 15 is 0 Å². The summed E-state index contributed by atoms with van der Waals surface area (Å²) in [6.45, 7) is 3.27. The number of aryl methyl sites for hydroxylation is 1. The summed E-state index contributed by atoms with van der Waals surface area (Å²) in [7, 11) is -3.50. The van der Waals surface area contributed by atoms with E-state index in [-0.39, 0.29) is 11.8 Å². The molecule has 150 valence electrons. The average Bonchev–Trinajstić information content (AvgIpc) is 2.73. The van der Waals surface area contributed by atoms with Crippen LogP contribution in [0.1, 0.15) is 24.0 Å². The molecule has 1 aliphatic rings. The van der Waals surface area contributed by atoms with Gasteiger partial charge in [0.1, 0.15) is 0 Å². The quantitative estimate of drug-likeness (QED) is 0.730. The maximum absolute atomic E-state index is 12.8. The molecule has 5 nitrogen and oxygen atoms in total. The SMILES string of the molecule is CSc1ccc(S(=O)(=O)N2CCC(C(=O)NCc3ccccc3C)CC2)cc1. The van der Waals surface area contributed by atoms with E-state index in [1.807, 2.05) is 49.6 Å². The van der Waals surface area contributed by atoms with Crippen LogP contribution in [0.4, 0.5) is 0 Å². The number of nitrogens with zero attached hydrogens (tertiary/aromatic N) is 1. The highest BCUT2D eigenvalue weighted by molar-refractivity contribution is 7.98. The van der Waals surface area contributed by atoms with Crippen LogP contribution in [-0.4, -0.2) is 38.0 Å². The summed E-state index contributed by atoms with van der Waals surface area (Å²) in [5, 5.41) is 3.00. The monoisotopic (exact) mass is 418 g/mol. The van der Waals surface area contributed by atoms with E-state index in [0.717, 1.165) is 16.0 Å². The van der Waals surface area contributed by atoms with Gasteiger partial charge in [-0.3, -0.25) is 4.79 Å². The zero-order valence-electron chi connectivity index (χ0n) is 16.2. The van der Waals surface area contributed by atoms with Gasteiger partial charge in [-0.15, -0.1) is 11.8 Å². The number of benzene rings is 2. The molecule has 2 aromatic rings. The fourth-order valence-corrected chi connectivity index (χ4v) is 5.27. The second kappa shape index (κ2) is 9.11. The van der Waals surface area contributed by atoms with Crippen molar-refractivity contribution in [1.29, 1.82) is 0 Å². The molecule has 0 atom stereocenters. The fourth-order valence-electron chi connectivity index (χ4n) is 3.39. The van der Waals surface area contributed by atoms with Crippen LogP contribution in [0.5, 0.6) is 0 Å². The van der Waals surface area contributed by atoms with E-state index in [4.69, 9.17) is 0 Å². The summed E-state index contributed by atoms with van der Waals surface area (Å²) in [6.07, 6.45) is 3.04. The number of hydrogen-bond donors (Lipinski definition) is 1. The zero-order valence-corrected chi connectivity index (χ0v) is 17.9. The lowest BCUT2D eigenvalue weighted by molar-refractivity contribution is -0.126. The first-order chi connectivity index (χ1) is 13.4. The van der Waals surface area contributed by atoms with Crippen molar-refractivity contribution in [2.45, 2.75) is 36.1 Å². The van der Waals surface area contributed by atoms with E-state index in [0.29, 0.717) is 37.4 Å². The summed E-state index contributed by atoms with van der Waals surface area (Å²) in [5.74, 6) is -0.140. The van der Waals surface area contributed by atoms with Crippen LogP contribution in [0.2, 0.25) is 0 Å². The van der Waals surface area contributed by atoms with Crippen molar-refractivity contribution in [2.75, 3.05) is 19.3 Å². The Morgan fingerprint density at radius 1 is 1.11 bits per heavy atom. The van der Waals surface area contributed by atoms with E-state index in [1.54, 1.807) is 23.9 Å². The van der Waals surface area contributed by atoms with E-state index in [1.165, 1.54) is 4.31 Å². The van der Waals surface area contributed by atoms with Crippen LogP contribution in [0.15, 0.2) is 58.3 Å². The minimum atomic E-state index is -3.50. The molecule has 3 rings (SSSR count). The Labute approximate surface area is 171 Å². The predicted molar refractivity (Wildman–Crippen MR) is 113 cm³/mol. The Hall–Kier alpha value is -1.83. The molecule has 0 spiro atoms. The highest BCUT2D eigenvalue weighted by atomic mass is 32.2. The Kier molecular flexibility index (Phi) is 6.80. The van der Waals surface area contributed by atoms with Gasteiger partial charge >= 0.3 is 0 Å². The van der Waals surface area contributed by atoms with Crippen molar-refractivity contribution >= 4 is 27.7 Å². The molecular weight excluding hydrogens is 392 g/mol. The Bertz CT molecular complexity index is 919. The van der Waals surface area contributed by atoms with Gasteiger partial charge in [0, 0.05) is 30.4 Å². The molecule has 1 fully saturated rings. The molecule has 2 aromatic carbocycles. The Balaban J connectivity index is 1.55. The molecule has 1 amide bonds. The van der Waals surface area contributed by atoms with Gasteiger partial charge in [0.05, 0.1) is 4.90 Å². The number of amides is 1. The minimum Gasteiger partial charge on any atom is -0.352 e. The van der Waals surface area contributed by atoms with Crippen molar-refractivity contribution in [3.05, 3.63) is 59.7 Å². The largest absolute Gasteiger partial charge is 0.352 e. The van der Waals surface area contributed by atoms with Gasteiger partial charge in [-0.2, -0.15) is 4.31 Å². The highest BCUT2D eigenvalue weighted by Crippen LogP contribution is 2.25. The molecule has 0 radical (unpaired) electrons. The van der Waals surface area contributed by atoms with Crippen LogP contribution >= 0.6 is 11.8 Å². The molecule has 28 heavy (non-hydrogen) atoms. The third-order valence-corrected chi connectivity index (χ3v) is 7.89. The molecule has 0 aliphatic carbocycles. The van der Waals surface area contributed by atoms with Crippen LogP contribution in [0, 0.1) is 12.8 Å². The fraction of sp³-hybridized carbons (Fsp3) is 0.381. The highest BCUT2D eigenvalue weighted by Gasteiger charge is 2.32. The zero-order chi connectivity index (χ0) is 20.1. The van der Waals surface area contributed by atoms with Gasteiger partial charge in [0.25, 0.3) is 0 Å². The van der Waals surface area contributed by atoms with Gasteiger partial charge in [0.2, 0.25) is 15.9 Å². The average molecular weight is 419 g/mol. The maximum atomic E-state index is 12.8. The molecule has 0 saturated carbocycles. The first kappa shape index (κ1) is 20.9. The number of thioether (sulfide) groups is 1. The molecule has 1 heterocycles. The summed E-state index contributed by atoms with van der Waals surface area (Å²) >= 11 is 1.58. The van der Waals surface area contributed by atoms with Crippen LogP contribution in [0.3, 0.4) is 0 Å². The molecule has 1 N–H and O–H groups in total. The summed E-state index contributed by atoms with van der Waals surface area (Å²) in [4.78, 5) is 13.8. The smallest absolute Gasteiger partial charge is 0.243 e. The summed E-state index contributed by atoms with van der Waals surface area (Å²) < 4.78 is 27.2. The number of rotatable bonds is 6. The van der Waals surface area contributed by atoms with Crippen molar-refractivity contribution in [3.63, 3.8) is 0 Å². The Morgan fingerprint density at radius 3 is 2.36 bits per heavy atom. The number of carbonyl (C=O) groups excluding carboxylic acids is 1. The third kappa shape index (κ3) is 4.77. The minimum absolute atomic E-state index is 0.00428. The number of hydrogen-bond acceptors (Lipinski definition) is 4. The van der Waals surface area contributed by atoms with Gasteiger partial charge in [-0.25, -0.2) is 8.42 Å². The van der Waals surface area contributed by atoms with Crippen molar-refractivity contribution in [1.82, 2.24) is 9.62 Å². The lowest BCUT2D eigenvalue weighted by atomic mass is 9.97. The topological polar surface area (TPSA) is 66.5 Å². The third-order valence-electron chi connectivity index (χ3n) is 5.24. The Morgan fingerprint density at radius 2 is 1.75 bits per heavy atom. The number of piperidine rings is 1. The first-order valence-electron chi connectivity index (χ1n) is 9.38. The standard InChI is InChI=1S/C21H26N2O3S2/c1-16-5-3-4-6-18(16)15-22-21(24)17-11-13-23(14-12-17)28(25,26)20-9-7-19(27-2)8-10-20/h3-10,17H,11-15H2,1-2H3,(H,22,24). The number of nitrogens with one attached hydrogen (secondary N) is 1. The molecule has 1 aliphatic heterocycles. The molecular formula is C21H26N2O3S2. The molecule has 0 aromatic heterocycles. The van der Waals surface area contributed by atoms with Crippen LogP contribution in [0.25, 0.3) is 0 Å². The van der Waals surface area contributed by atoms with E-state index in [9.17, 15) is 13.2 Å². The van der Waals surface area contributed by atoms with Gasteiger partial charge in [-0.1, -0.05) is 24.3 Å². The molecule has 1 saturated heterocycles. The first-order valence-corrected chi connectivity index (χ1v) is 12.0. The summed E-state index contributed by atoms with van der Waals surface area (Å²) in [6, 6.07) is 14.9. The second-order valence-electron chi connectivity index (χ2n) is 7.00. The predicted octanol–water partition coefficient (Wildman–Crippen LogP) is 3.43. The number of sulfonamides is 1. The van der Waals surface area contributed by atoms with Gasteiger partial charge in [0.15, 0.2) is 0 Å². The molecule has 0 bridgehead atoms. The lowest BCUT2D eigenvalue weighted by Crippen LogP contribution is -2.42. The summed E-state index contributed by atoms with van der Waals surface area (Å²) in [5.41, 5.74) is 2.25. The van der Waals surface area contributed by atoms with Crippen LogP contribution in [-0.2, 0) is 21.4 Å².